The molecule has 1 atom stereocenters. The maximum atomic E-state index is 12.8. The van der Waals surface area contributed by atoms with Crippen molar-refractivity contribution in [3.63, 3.8) is 0 Å². The number of anilines is 1. The highest BCUT2D eigenvalue weighted by Crippen LogP contribution is 2.34. The molecule has 0 radical (unpaired) electrons. The Kier molecular flexibility index (Phi) is 5.43. The molecule has 4 heteroatoms. The highest BCUT2D eigenvalue weighted by atomic mass is 79.9. The van der Waals surface area contributed by atoms with Crippen LogP contribution in [0.25, 0.3) is 0 Å². The Morgan fingerprint density at radius 2 is 1.88 bits per heavy atom. The summed E-state index contributed by atoms with van der Waals surface area (Å²) in [6.45, 7) is 4.83. The van der Waals surface area contributed by atoms with Gasteiger partial charge in [-0.2, -0.15) is 0 Å². The van der Waals surface area contributed by atoms with Gasteiger partial charge in [-0.05, 0) is 48.9 Å². The lowest BCUT2D eigenvalue weighted by molar-refractivity contribution is -0.123. The summed E-state index contributed by atoms with van der Waals surface area (Å²) < 4.78 is 0. The summed E-state index contributed by atoms with van der Waals surface area (Å²) in [6, 6.07) is 5.84. The average molecular weight is 392 g/mol. The Hall–Kier alpha value is -1.16. The van der Waals surface area contributed by atoms with Crippen molar-refractivity contribution in [1.29, 1.82) is 0 Å². The van der Waals surface area contributed by atoms with Gasteiger partial charge in [0, 0.05) is 23.7 Å². The number of rotatable bonds is 4. The first kappa shape index (κ1) is 17.7. The van der Waals surface area contributed by atoms with Crippen molar-refractivity contribution in [3.05, 3.63) is 29.3 Å². The molecule has 0 bridgehead atoms. The highest BCUT2D eigenvalue weighted by Gasteiger charge is 2.31. The molecule has 1 amide bonds. The number of carbonyl (C=O) groups is 2. The average Bonchev–Trinajstić information content (AvgIpc) is 3.03. The number of nitrogens with zero attached hydrogens (tertiary/aromatic N) is 1. The van der Waals surface area contributed by atoms with E-state index in [1.807, 2.05) is 36.9 Å². The first-order valence-electron chi connectivity index (χ1n) is 9.11. The molecule has 1 saturated carbocycles. The van der Waals surface area contributed by atoms with Crippen LogP contribution in [0, 0.1) is 11.8 Å². The number of fused-ring (bicyclic) bond motifs is 1. The van der Waals surface area contributed by atoms with Crippen LogP contribution in [0.1, 0.15) is 61.9 Å². The summed E-state index contributed by atoms with van der Waals surface area (Å²) in [5.41, 5.74) is 2.89. The Bertz CT molecular complexity index is 635. The van der Waals surface area contributed by atoms with E-state index in [0.717, 1.165) is 42.6 Å². The highest BCUT2D eigenvalue weighted by molar-refractivity contribution is 9.10. The minimum atomic E-state index is -0.156. The van der Waals surface area contributed by atoms with E-state index < -0.39 is 0 Å². The van der Waals surface area contributed by atoms with Gasteiger partial charge in [-0.3, -0.25) is 9.59 Å². The minimum absolute atomic E-state index is 0.129. The predicted molar refractivity (Wildman–Crippen MR) is 101 cm³/mol. The van der Waals surface area contributed by atoms with Crippen LogP contribution in [-0.2, 0) is 11.2 Å². The SMILES string of the molecule is CC(C)C(Br)C(=O)c1ccc2c(c1)CCN2C(=O)C1CCCCC1. The molecule has 1 fully saturated rings. The molecule has 1 unspecified atom stereocenters. The maximum Gasteiger partial charge on any atom is 0.230 e. The van der Waals surface area contributed by atoms with Gasteiger partial charge in [0.1, 0.15) is 0 Å². The zero-order valence-electron chi connectivity index (χ0n) is 14.6. The Morgan fingerprint density at radius 3 is 2.54 bits per heavy atom. The monoisotopic (exact) mass is 391 g/mol. The summed E-state index contributed by atoms with van der Waals surface area (Å²) in [6.07, 6.45) is 6.51. The van der Waals surface area contributed by atoms with Crippen molar-refractivity contribution in [2.75, 3.05) is 11.4 Å². The van der Waals surface area contributed by atoms with Gasteiger partial charge in [0.15, 0.2) is 5.78 Å². The zero-order chi connectivity index (χ0) is 17.3. The third-order valence-corrected chi connectivity index (χ3v) is 6.79. The van der Waals surface area contributed by atoms with E-state index in [9.17, 15) is 9.59 Å². The lowest BCUT2D eigenvalue weighted by Gasteiger charge is -2.26. The summed E-state index contributed by atoms with van der Waals surface area (Å²) in [5, 5.41) is 0. The van der Waals surface area contributed by atoms with Gasteiger partial charge < -0.3 is 4.90 Å². The number of carbonyl (C=O) groups excluding carboxylic acids is 2. The lowest BCUT2D eigenvalue weighted by Crippen LogP contribution is -2.35. The van der Waals surface area contributed by atoms with Crippen LogP contribution in [0.15, 0.2) is 18.2 Å². The molecule has 24 heavy (non-hydrogen) atoms. The maximum absolute atomic E-state index is 12.8. The van der Waals surface area contributed by atoms with E-state index in [4.69, 9.17) is 0 Å². The predicted octanol–water partition coefficient (Wildman–Crippen LogP) is 4.76. The molecule has 0 aromatic heterocycles. The second-order valence-corrected chi connectivity index (χ2v) is 8.41. The fourth-order valence-corrected chi connectivity index (χ4v) is 4.08. The van der Waals surface area contributed by atoms with E-state index in [2.05, 4.69) is 15.9 Å². The van der Waals surface area contributed by atoms with Gasteiger partial charge >= 0.3 is 0 Å². The Balaban J connectivity index is 1.78. The summed E-state index contributed by atoms with van der Waals surface area (Å²) in [5.74, 6) is 0.868. The second-order valence-electron chi connectivity index (χ2n) is 7.43. The largest absolute Gasteiger partial charge is 0.312 e. The quantitative estimate of drug-likeness (QED) is 0.547. The number of benzene rings is 1. The first-order chi connectivity index (χ1) is 11.5. The van der Waals surface area contributed by atoms with Crippen molar-refractivity contribution in [3.8, 4) is 0 Å². The molecule has 0 spiro atoms. The molecular weight excluding hydrogens is 366 g/mol. The topological polar surface area (TPSA) is 37.4 Å². The van der Waals surface area contributed by atoms with Gasteiger partial charge in [0.05, 0.1) is 4.83 Å². The van der Waals surface area contributed by atoms with Crippen LogP contribution >= 0.6 is 15.9 Å². The fourth-order valence-electron chi connectivity index (χ4n) is 3.82. The van der Waals surface area contributed by atoms with Gasteiger partial charge in [-0.15, -0.1) is 0 Å². The Labute approximate surface area is 152 Å². The normalized spacial score (nSPS) is 19.4. The molecule has 2 aliphatic rings. The molecule has 0 N–H and O–H groups in total. The number of Topliss-reactive ketones (excluding diaryl/α,β-unsaturated/α-hetero) is 1. The molecule has 1 heterocycles. The molecule has 1 aromatic rings. The number of ketones is 1. The van der Waals surface area contributed by atoms with Gasteiger partial charge in [-0.1, -0.05) is 49.0 Å². The van der Waals surface area contributed by atoms with E-state index in [0.29, 0.717) is 0 Å². The molecular formula is C20H26BrNO2. The van der Waals surface area contributed by atoms with Gasteiger partial charge in [0.25, 0.3) is 0 Å². The third-order valence-electron chi connectivity index (χ3n) is 5.32. The molecule has 130 valence electrons. The van der Waals surface area contributed by atoms with Crippen molar-refractivity contribution in [2.24, 2.45) is 11.8 Å². The number of alkyl halides is 1. The van der Waals surface area contributed by atoms with E-state index in [-0.39, 0.29) is 28.4 Å². The molecule has 0 saturated heterocycles. The van der Waals surface area contributed by atoms with Crippen molar-refractivity contribution >= 4 is 33.3 Å². The van der Waals surface area contributed by atoms with Gasteiger partial charge in [-0.25, -0.2) is 0 Å². The first-order valence-corrected chi connectivity index (χ1v) is 10.0. The van der Waals surface area contributed by atoms with Crippen LogP contribution < -0.4 is 4.90 Å². The summed E-state index contributed by atoms with van der Waals surface area (Å²) >= 11 is 3.50. The second kappa shape index (κ2) is 7.38. The summed E-state index contributed by atoms with van der Waals surface area (Å²) in [4.78, 5) is 27.1. The van der Waals surface area contributed by atoms with E-state index in [1.54, 1.807) is 0 Å². The number of hydrogen-bond acceptors (Lipinski definition) is 2. The smallest absolute Gasteiger partial charge is 0.230 e. The Morgan fingerprint density at radius 1 is 1.17 bits per heavy atom. The minimum Gasteiger partial charge on any atom is -0.312 e. The standard InChI is InChI=1S/C20H26BrNO2/c1-13(2)18(21)19(23)16-8-9-17-15(12-16)10-11-22(17)20(24)14-6-4-3-5-7-14/h8-9,12-14,18H,3-7,10-11H2,1-2H3. The van der Waals surface area contributed by atoms with Crippen LogP contribution in [-0.4, -0.2) is 23.1 Å². The fraction of sp³-hybridized carbons (Fsp3) is 0.600. The molecule has 1 aromatic carbocycles. The molecule has 1 aliphatic carbocycles. The number of amides is 1. The van der Waals surface area contributed by atoms with Gasteiger partial charge in [0.2, 0.25) is 5.91 Å². The zero-order valence-corrected chi connectivity index (χ0v) is 16.1. The molecule has 3 nitrogen and oxygen atoms in total. The van der Waals surface area contributed by atoms with Crippen LogP contribution in [0.3, 0.4) is 0 Å². The molecule has 1 aliphatic heterocycles. The van der Waals surface area contributed by atoms with Crippen molar-refractivity contribution in [1.82, 2.24) is 0 Å². The lowest BCUT2D eigenvalue weighted by atomic mass is 9.88. The van der Waals surface area contributed by atoms with Crippen molar-refractivity contribution < 1.29 is 9.59 Å². The van der Waals surface area contributed by atoms with Crippen LogP contribution in [0.5, 0.6) is 0 Å². The summed E-state index contributed by atoms with van der Waals surface area (Å²) in [7, 11) is 0. The van der Waals surface area contributed by atoms with Crippen LogP contribution in [0.4, 0.5) is 5.69 Å². The molecule has 3 rings (SSSR count). The van der Waals surface area contributed by atoms with Crippen molar-refractivity contribution in [2.45, 2.75) is 57.2 Å². The van der Waals surface area contributed by atoms with Crippen LogP contribution in [0.2, 0.25) is 0 Å². The third kappa shape index (κ3) is 3.44. The number of halogens is 1. The number of hydrogen-bond donors (Lipinski definition) is 0. The van der Waals surface area contributed by atoms with E-state index in [1.165, 1.54) is 19.3 Å². The van der Waals surface area contributed by atoms with E-state index >= 15 is 0 Å².